The van der Waals surface area contributed by atoms with Gasteiger partial charge in [-0.25, -0.2) is 9.97 Å². The van der Waals surface area contributed by atoms with Crippen LogP contribution in [0, 0.1) is 27.7 Å². The van der Waals surface area contributed by atoms with Gasteiger partial charge in [-0.05, 0) is 91.5 Å². The van der Waals surface area contributed by atoms with Crippen molar-refractivity contribution in [1.82, 2.24) is 15.3 Å². The van der Waals surface area contributed by atoms with Gasteiger partial charge < -0.3 is 35.2 Å². The van der Waals surface area contributed by atoms with Crippen LogP contribution >= 0.6 is 0 Å². The molecule has 11 heteroatoms. The number of hydrogen-bond donors (Lipinski definition) is 5. The Kier molecular flexibility index (Phi) is 13.8. The number of pyridine rings is 2. The van der Waals surface area contributed by atoms with E-state index in [4.69, 9.17) is 19.7 Å². The summed E-state index contributed by atoms with van der Waals surface area (Å²) in [5.74, 6) is -1.00. The standard InChI is InChI=1S/C39H47N3O8/c1-24-30(22-49-36-16-14-28(26(3)41-36)8-5-11-32(43)18-38(45)46)9-6-12-34(24)35-13-7-10-31(25(35)2)23-50-37-17-15-29(27(4)42-37)20-40-21-33(44)19-39(47)48/h6-7,9-10,12-17,32-33,40,43-44H,5,8,11,18-23H2,1-4H3,(H,45,46)(H,47,48)/t32-,33+/m1/s1. The summed E-state index contributed by atoms with van der Waals surface area (Å²) in [6.07, 6.45) is -0.550. The van der Waals surface area contributed by atoms with E-state index < -0.39 is 24.1 Å². The lowest BCUT2D eigenvalue weighted by Gasteiger charge is -2.17. The summed E-state index contributed by atoms with van der Waals surface area (Å²) in [5.41, 5.74) is 10.1. The number of rotatable bonds is 19. The van der Waals surface area contributed by atoms with E-state index in [2.05, 4.69) is 47.3 Å². The number of nitrogens with zero attached hydrogens (tertiary/aromatic N) is 2. The zero-order valence-electron chi connectivity index (χ0n) is 29.1. The number of benzene rings is 2. The molecule has 0 saturated heterocycles. The lowest BCUT2D eigenvalue weighted by atomic mass is 9.92. The maximum absolute atomic E-state index is 10.8. The van der Waals surface area contributed by atoms with Crippen LogP contribution in [0.1, 0.15) is 70.5 Å². The van der Waals surface area contributed by atoms with E-state index in [0.717, 1.165) is 55.9 Å². The minimum atomic E-state index is -1.04. The Hall–Kier alpha value is -4.84. The summed E-state index contributed by atoms with van der Waals surface area (Å²) < 4.78 is 12.2. The third kappa shape index (κ3) is 11.1. The van der Waals surface area contributed by atoms with Crippen LogP contribution in [0.3, 0.4) is 0 Å². The van der Waals surface area contributed by atoms with Gasteiger partial charge in [0.25, 0.3) is 0 Å². The van der Waals surface area contributed by atoms with Crippen LogP contribution in [0.2, 0.25) is 0 Å². The van der Waals surface area contributed by atoms with Crippen molar-refractivity contribution < 1.29 is 39.5 Å². The van der Waals surface area contributed by atoms with E-state index in [1.165, 1.54) is 0 Å². The largest absolute Gasteiger partial charge is 0.481 e. The number of ether oxygens (including phenoxy) is 2. The average Bonchev–Trinajstić information content (AvgIpc) is 3.05. The van der Waals surface area contributed by atoms with Gasteiger partial charge in [0.2, 0.25) is 11.8 Å². The first-order chi connectivity index (χ1) is 23.9. The molecule has 2 atom stereocenters. The number of aliphatic hydroxyl groups is 2. The van der Waals surface area contributed by atoms with Crippen molar-refractivity contribution in [2.75, 3.05) is 6.54 Å². The third-order valence-electron chi connectivity index (χ3n) is 8.77. The molecule has 0 aliphatic carbocycles. The molecule has 4 rings (SSSR count). The van der Waals surface area contributed by atoms with E-state index in [9.17, 15) is 19.8 Å². The Morgan fingerprint density at radius 1 is 0.680 bits per heavy atom. The van der Waals surface area contributed by atoms with Gasteiger partial charge in [-0.3, -0.25) is 9.59 Å². The summed E-state index contributed by atoms with van der Waals surface area (Å²) in [6.45, 7) is 9.31. The Morgan fingerprint density at radius 3 is 1.68 bits per heavy atom. The maximum atomic E-state index is 10.8. The summed E-state index contributed by atoms with van der Waals surface area (Å²) in [7, 11) is 0. The second-order valence-electron chi connectivity index (χ2n) is 12.6. The van der Waals surface area contributed by atoms with Crippen molar-refractivity contribution in [2.24, 2.45) is 0 Å². The topological polar surface area (TPSA) is 171 Å². The zero-order valence-corrected chi connectivity index (χ0v) is 29.1. The molecule has 0 saturated carbocycles. The van der Waals surface area contributed by atoms with Crippen LogP contribution in [0.5, 0.6) is 11.8 Å². The molecule has 11 nitrogen and oxygen atoms in total. The second kappa shape index (κ2) is 18.2. The number of aromatic nitrogens is 2. The highest BCUT2D eigenvalue weighted by atomic mass is 16.5. The number of nitrogens with one attached hydrogen (secondary N) is 1. The van der Waals surface area contributed by atoms with Gasteiger partial charge >= 0.3 is 11.9 Å². The molecule has 0 bridgehead atoms. The Labute approximate surface area is 293 Å². The Morgan fingerprint density at radius 2 is 1.18 bits per heavy atom. The molecule has 5 N–H and O–H groups in total. The van der Waals surface area contributed by atoms with Crippen molar-refractivity contribution in [3.8, 4) is 22.9 Å². The number of carboxylic acid groups (broad SMARTS) is 2. The predicted molar refractivity (Wildman–Crippen MR) is 189 cm³/mol. The molecule has 0 fully saturated rings. The second-order valence-corrected chi connectivity index (χ2v) is 12.6. The summed E-state index contributed by atoms with van der Waals surface area (Å²) in [4.78, 5) is 30.7. The molecular formula is C39H47N3O8. The van der Waals surface area contributed by atoms with E-state index >= 15 is 0 Å². The SMILES string of the molecule is Cc1nc(OCc2cccc(-c3cccc(COc4ccc(CNC[C@@H](O)CC(=O)O)c(C)n4)c3C)c2C)ccc1CCC[C@@H](O)CC(=O)O. The van der Waals surface area contributed by atoms with Crippen molar-refractivity contribution in [3.63, 3.8) is 0 Å². The fraction of sp³-hybridized carbons (Fsp3) is 0.385. The molecule has 0 radical (unpaired) electrons. The third-order valence-corrected chi connectivity index (χ3v) is 8.77. The smallest absolute Gasteiger partial charge is 0.306 e. The monoisotopic (exact) mass is 685 g/mol. The fourth-order valence-corrected chi connectivity index (χ4v) is 5.79. The number of aliphatic carboxylic acids is 2. The molecular weight excluding hydrogens is 638 g/mol. The number of aryl methyl sites for hydroxylation is 3. The van der Waals surface area contributed by atoms with Gasteiger partial charge in [0, 0.05) is 36.6 Å². The van der Waals surface area contributed by atoms with Crippen LogP contribution in [0.4, 0.5) is 0 Å². The molecule has 2 aromatic heterocycles. The van der Waals surface area contributed by atoms with Crippen molar-refractivity contribution >= 4 is 11.9 Å². The molecule has 0 aliphatic rings. The van der Waals surface area contributed by atoms with Gasteiger partial charge in [0.1, 0.15) is 13.2 Å². The molecule has 0 spiro atoms. The van der Waals surface area contributed by atoms with Gasteiger partial charge in [0.15, 0.2) is 0 Å². The molecule has 2 heterocycles. The van der Waals surface area contributed by atoms with Gasteiger partial charge in [-0.15, -0.1) is 0 Å². The van der Waals surface area contributed by atoms with Crippen LogP contribution in [-0.2, 0) is 35.8 Å². The highest BCUT2D eigenvalue weighted by Gasteiger charge is 2.14. The molecule has 2 aromatic carbocycles. The van der Waals surface area contributed by atoms with E-state index in [1.807, 2.05) is 56.3 Å². The minimum absolute atomic E-state index is 0.175. The molecule has 0 aliphatic heterocycles. The quantitative estimate of drug-likeness (QED) is 0.0830. The summed E-state index contributed by atoms with van der Waals surface area (Å²) in [5, 5.41) is 40.3. The average molecular weight is 686 g/mol. The number of aliphatic hydroxyl groups excluding tert-OH is 2. The van der Waals surface area contributed by atoms with E-state index in [0.29, 0.717) is 50.8 Å². The molecule has 4 aromatic rings. The Balaban J connectivity index is 1.35. The van der Waals surface area contributed by atoms with Crippen LogP contribution < -0.4 is 14.8 Å². The highest BCUT2D eigenvalue weighted by molar-refractivity contribution is 5.72. The summed E-state index contributed by atoms with van der Waals surface area (Å²) >= 11 is 0. The van der Waals surface area contributed by atoms with E-state index in [1.54, 1.807) is 0 Å². The van der Waals surface area contributed by atoms with Crippen molar-refractivity contribution in [3.05, 3.63) is 105 Å². The normalized spacial score (nSPS) is 12.4. The molecule has 0 unspecified atom stereocenters. The number of hydrogen-bond acceptors (Lipinski definition) is 9. The van der Waals surface area contributed by atoms with Gasteiger partial charge in [-0.1, -0.05) is 48.5 Å². The Bertz CT molecular complexity index is 1650. The highest BCUT2D eigenvalue weighted by Crippen LogP contribution is 2.31. The fourth-order valence-electron chi connectivity index (χ4n) is 5.79. The van der Waals surface area contributed by atoms with E-state index in [-0.39, 0.29) is 19.4 Å². The first kappa shape index (κ1) is 38.0. The summed E-state index contributed by atoms with van der Waals surface area (Å²) in [6, 6.07) is 19.9. The molecule has 50 heavy (non-hydrogen) atoms. The van der Waals surface area contributed by atoms with Gasteiger partial charge in [-0.2, -0.15) is 0 Å². The van der Waals surface area contributed by atoms with Crippen molar-refractivity contribution in [2.45, 2.75) is 91.8 Å². The van der Waals surface area contributed by atoms with Crippen LogP contribution in [-0.4, -0.2) is 61.1 Å². The number of carboxylic acids is 2. The molecule has 266 valence electrons. The maximum Gasteiger partial charge on any atom is 0.306 e. The first-order valence-electron chi connectivity index (χ1n) is 16.8. The predicted octanol–water partition coefficient (Wildman–Crippen LogP) is 5.62. The number of carbonyl (C=O) groups is 2. The lowest BCUT2D eigenvalue weighted by molar-refractivity contribution is -0.140. The van der Waals surface area contributed by atoms with Gasteiger partial charge in [0.05, 0.1) is 25.0 Å². The van der Waals surface area contributed by atoms with Crippen LogP contribution in [0.15, 0.2) is 60.7 Å². The van der Waals surface area contributed by atoms with Crippen LogP contribution in [0.25, 0.3) is 11.1 Å². The lowest BCUT2D eigenvalue weighted by Crippen LogP contribution is -2.28. The molecule has 0 amide bonds. The van der Waals surface area contributed by atoms with Crippen molar-refractivity contribution in [1.29, 1.82) is 0 Å². The first-order valence-corrected chi connectivity index (χ1v) is 16.8. The zero-order chi connectivity index (χ0) is 36.2. The minimum Gasteiger partial charge on any atom is -0.481 e.